The molecule has 0 aliphatic heterocycles. The highest BCUT2D eigenvalue weighted by Crippen LogP contribution is 2.16. The SMILES string of the molecule is CCC(C)NC(=O)Cc1cc(Br)ccc1F. The highest BCUT2D eigenvalue weighted by Gasteiger charge is 2.10. The van der Waals surface area contributed by atoms with Crippen molar-refractivity contribution in [1.29, 1.82) is 0 Å². The molecule has 2 nitrogen and oxygen atoms in total. The molecule has 1 unspecified atom stereocenters. The molecule has 0 bridgehead atoms. The number of benzene rings is 1. The van der Waals surface area contributed by atoms with Gasteiger partial charge in [0.05, 0.1) is 6.42 Å². The molecule has 0 aromatic heterocycles. The lowest BCUT2D eigenvalue weighted by Crippen LogP contribution is -2.33. The Bertz CT molecular complexity index is 381. The quantitative estimate of drug-likeness (QED) is 0.906. The molecule has 0 spiro atoms. The molecule has 0 fully saturated rings. The highest BCUT2D eigenvalue weighted by molar-refractivity contribution is 9.10. The van der Waals surface area contributed by atoms with Crippen LogP contribution in [0.2, 0.25) is 0 Å². The van der Waals surface area contributed by atoms with Gasteiger partial charge in [-0.05, 0) is 37.1 Å². The maximum Gasteiger partial charge on any atom is 0.224 e. The number of hydrogen-bond acceptors (Lipinski definition) is 1. The summed E-state index contributed by atoms with van der Waals surface area (Å²) in [6, 6.07) is 4.73. The van der Waals surface area contributed by atoms with Crippen LogP contribution in [0.4, 0.5) is 4.39 Å². The third-order valence-corrected chi connectivity index (χ3v) is 2.87. The molecule has 1 aromatic carbocycles. The van der Waals surface area contributed by atoms with E-state index in [4.69, 9.17) is 0 Å². The van der Waals surface area contributed by atoms with Gasteiger partial charge < -0.3 is 5.32 Å². The summed E-state index contributed by atoms with van der Waals surface area (Å²) >= 11 is 3.25. The zero-order valence-corrected chi connectivity index (χ0v) is 11.0. The summed E-state index contributed by atoms with van der Waals surface area (Å²) in [6.45, 7) is 3.92. The molecule has 0 saturated heterocycles. The molecule has 1 atom stereocenters. The summed E-state index contributed by atoms with van der Waals surface area (Å²) in [5.41, 5.74) is 0.412. The van der Waals surface area contributed by atoms with Crippen molar-refractivity contribution in [1.82, 2.24) is 5.32 Å². The predicted octanol–water partition coefficient (Wildman–Crippen LogP) is 3.05. The minimum absolute atomic E-state index is 0.0790. The summed E-state index contributed by atoms with van der Waals surface area (Å²) in [6.07, 6.45) is 0.947. The Hall–Kier alpha value is -0.900. The first-order valence-corrected chi connectivity index (χ1v) is 6.05. The lowest BCUT2D eigenvalue weighted by Gasteiger charge is -2.11. The predicted molar refractivity (Wildman–Crippen MR) is 65.7 cm³/mol. The largest absolute Gasteiger partial charge is 0.353 e. The summed E-state index contributed by atoms with van der Waals surface area (Å²) in [5, 5.41) is 2.80. The van der Waals surface area contributed by atoms with Crippen molar-refractivity contribution >= 4 is 21.8 Å². The lowest BCUT2D eigenvalue weighted by molar-refractivity contribution is -0.121. The molecule has 0 saturated carbocycles. The number of rotatable bonds is 4. The number of nitrogens with one attached hydrogen (secondary N) is 1. The van der Waals surface area contributed by atoms with Crippen LogP contribution in [0, 0.1) is 5.82 Å². The summed E-state index contributed by atoms with van der Waals surface area (Å²) in [5.74, 6) is -0.492. The monoisotopic (exact) mass is 287 g/mol. The molecule has 0 heterocycles. The van der Waals surface area contributed by atoms with Crippen LogP contribution < -0.4 is 5.32 Å². The van der Waals surface area contributed by atoms with Crippen molar-refractivity contribution in [2.45, 2.75) is 32.7 Å². The van der Waals surface area contributed by atoms with E-state index in [1.807, 2.05) is 13.8 Å². The minimum Gasteiger partial charge on any atom is -0.353 e. The standard InChI is InChI=1S/C12H15BrFNO/c1-3-8(2)15-12(16)7-9-6-10(13)4-5-11(9)14/h4-6,8H,3,7H2,1-2H3,(H,15,16). The van der Waals surface area contributed by atoms with Gasteiger partial charge in [0.15, 0.2) is 0 Å². The zero-order chi connectivity index (χ0) is 12.1. The van der Waals surface area contributed by atoms with Crippen molar-refractivity contribution in [2.24, 2.45) is 0 Å². The van der Waals surface area contributed by atoms with E-state index in [9.17, 15) is 9.18 Å². The maximum atomic E-state index is 13.3. The fraction of sp³-hybridized carbons (Fsp3) is 0.417. The Morgan fingerprint density at radius 3 is 2.88 bits per heavy atom. The van der Waals surface area contributed by atoms with Gasteiger partial charge in [-0.3, -0.25) is 4.79 Å². The van der Waals surface area contributed by atoms with Crippen molar-refractivity contribution in [2.75, 3.05) is 0 Å². The topological polar surface area (TPSA) is 29.1 Å². The summed E-state index contributed by atoms with van der Waals surface area (Å²) < 4.78 is 14.1. The summed E-state index contributed by atoms with van der Waals surface area (Å²) in [7, 11) is 0. The van der Waals surface area contributed by atoms with Gasteiger partial charge in [0.25, 0.3) is 0 Å². The second-order valence-corrected chi connectivity index (χ2v) is 4.70. The van der Waals surface area contributed by atoms with Crippen molar-refractivity contribution < 1.29 is 9.18 Å². The lowest BCUT2D eigenvalue weighted by atomic mass is 10.1. The van der Waals surface area contributed by atoms with E-state index in [2.05, 4.69) is 21.2 Å². The van der Waals surface area contributed by atoms with Gasteiger partial charge in [-0.2, -0.15) is 0 Å². The van der Waals surface area contributed by atoms with Gasteiger partial charge in [-0.25, -0.2) is 4.39 Å². The Morgan fingerprint density at radius 2 is 2.25 bits per heavy atom. The fourth-order valence-electron chi connectivity index (χ4n) is 1.28. The number of amides is 1. The van der Waals surface area contributed by atoms with Gasteiger partial charge >= 0.3 is 0 Å². The Balaban J connectivity index is 2.65. The van der Waals surface area contributed by atoms with Crippen molar-refractivity contribution in [3.05, 3.63) is 34.1 Å². The van der Waals surface area contributed by atoms with Crippen LogP contribution in [0.15, 0.2) is 22.7 Å². The first kappa shape index (κ1) is 13.2. The maximum absolute atomic E-state index is 13.3. The van der Waals surface area contributed by atoms with E-state index < -0.39 is 0 Å². The van der Waals surface area contributed by atoms with Crippen molar-refractivity contribution in [3.63, 3.8) is 0 Å². The van der Waals surface area contributed by atoms with Gasteiger partial charge in [0, 0.05) is 10.5 Å². The molecule has 88 valence electrons. The third-order valence-electron chi connectivity index (χ3n) is 2.38. The van der Waals surface area contributed by atoms with Crippen molar-refractivity contribution in [3.8, 4) is 0 Å². The van der Waals surface area contributed by atoms with Crippen LogP contribution in [0.25, 0.3) is 0 Å². The second kappa shape index (κ2) is 5.99. The number of carbonyl (C=O) groups is 1. The van der Waals surface area contributed by atoms with Crippen LogP contribution >= 0.6 is 15.9 Å². The smallest absolute Gasteiger partial charge is 0.224 e. The highest BCUT2D eigenvalue weighted by atomic mass is 79.9. The molecule has 0 aliphatic rings. The van der Waals surface area contributed by atoms with E-state index in [1.54, 1.807) is 12.1 Å². The Labute approximate surface area is 103 Å². The third kappa shape index (κ3) is 3.93. The molecule has 0 radical (unpaired) electrons. The van der Waals surface area contributed by atoms with E-state index in [0.717, 1.165) is 10.9 Å². The molecule has 16 heavy (non-hydrogen) atoms. The number of halogens is 2. The Kier molecular flexibility index (Phi) is 4.93. The molecule has 1 aromatic rings. The molecular formula is C12H15BrFNO. The first-order chi connectivity index (χ1) is 7.52. The van der Waals surface area contributed by atoms with E-state index >= 15 is 0 Å². The number of carbonyl (C=O) groups excluding carboxylic acids is 1. The number of hydrogen-bond donors (Lipinski definition) is 1. The normalized spacial score (nSPS) is 12.2. The summed E-state index contributed by atoms with van der Waals surface area (Å²) in [4.78, 5) is 11.6. The van der Waals surface area contributed by atoms with E-state index in [1.165, 1.54) is 6.07 Å². The molecule has 1 amide bonds. The van der Waals surface area contributed by atoms with Crippen LogP contribution in [0.1, 0.15) is 25.8 Å². The van der Waals surface area contributed by atoms with Crippen LogP contribution in [0.5, 0.6) is 0 Å². The minimum atomic E-state index is -0.345. The zero-order valence-electron chi connectivity index (χ0n) is 9.39. The van der Waals surface area contributed by atoms with Gasteiger partial charge in [-0.15, -0.1) is 0 Å². The van der Waals surface area contributed by atoms with Crippen LogP contribution in [-0.4, -0.2) is 11.9 Å². The fourth-order valence-corrected chi connectivity index (χ4v) is 1.69. The molecule has 0 aliphatic carbocycles. The molecule has 1 rings (SSSR count). The first-order valence-electron chi connectivity index (χ1n) is 5.26. The molecule has 4 heteroatoms. The molecular weight excluding hydrogens is 273 g/mol. The second-order valence-electron chi connectivity index (χ2n) is 3.79. The average molecular weight is 288 g/mol. The van der Waals surface area contributed by atoms with Gasteiger partial charge in [0.1, 0.15) is 5.82 Å². The van der Waals surface area contributed by atoms with E-state index in [-0.39, 0.29) is 24.2 Å². The van der Waals surface area contributed by atoms with E-state index in [0.29, 0.717) is 5.56 Å². The van der Waals surface area contributed by atoms with Gasteiger partial charge in [0.2, 0.25) is 5.91 Å². The van der Waals surface area contributed by atoms with Crippen LogP contribution in [-0.2, 0) is 11.2 Å². The van der Waals surface area contributed by atoms with Crippen LogP contribution in [0.3, 0.4) is 0 Å². The average Bonchev–Trinajstić information content (AvgIpc) is 2.23. The Morgan fingerprint density at radius 1 is 1.56 bits per heavy atom. The molecule has 1 N–H and O–H groups in total. The van der Waals surface area contributed by atoms with Gasteiger partial charge in [-0.1, -0.05) is 22.9 Å².